The summed E-state index contributed by atoms with van der Waals surface area (Å²) in [6.45, 7) is 9.70. The zero-order valence-electron chi connectivity index (χ0n) is 21.5. The maximum absolute atomic E-state index is 13.1. The summed E-state index contributed by atoms with van der Waals surface area (Å²) in [4.78, 5) is 26.8. The molecule has 7 nitrogen and oxygen atoms in total. The molecule has 2 aliphatic heterocycles. The van der Waals surface area contributed by atoms with Gasteiger partial charge >= 0.3 is 5.97 Å². The number of benzene rings is 1. The molecule has 2 fully saturated rings. The van der Waals surface area contributed by atoms with E-state index < -0.39 is 0 Å². The third-order valence-corrected chi connectivity index (χ3v) is 7.65. The SMILES string of the molecule is COC(=O)C1CCN(C(=O)C[C@@H]2CCNC[C@H]2Cc2cc(-c3ccc(C(C)(C)C)cc3)on2)CC1. The normalized spacial score (nSPS) is 21.7. The van der Waals surface area contributed by atoms with Crippen molar-refractivity contribution in [3.63, 3.8) is 0 Å². The first-order valence-corrected chi connectivity index (χ1v) is 12.9. The van der Waals surface area contributed by atoms with E-state index in [1.807, 2.05) is 11.0 Å². The third-order valence-electron chi connectivity index (χ3n) is 7.65. The lowest BCUT2D eigenvalue weighted by atomic mass is 9.80. The Labute approximate surface area is 208 Å². The van der Waals surface area contributed by atoms with Gasteiger partial charge in [0.1, 0.15) is 0 Å². The summed E-state index contributed by atoms with van der Waals surface area (Å²) in [6.07, 6.45) is 3.69. The van der Waals surface area contributed by atoms with Gasteiger partial charge in [-0.25, -0.2) is 0 Å². The lowest BCUT2D eigenvalue weighted by Crippen LogP contribution is -2.44. The van der Waals surface area contributed by atoms with Crippen molar-refractivity contribution < 1.29 is 18.8 Å². The van der Waals surface area contributed by atoms with E-state index >= 15 is 0 Å². The molecule has 4 rings (SSSR count). The number of methoxy groups -OCH3 is 1. The Balaban J connectivity index is 1.34. The van der Waals surface area contributed by atoms with Gasteiger partial charge in [0.25, 0.3) is 0 Å². The molecule has 2 aromatic rings. The van der Waals surface area contributed by atoms with E-state index in [1.165, 1.54) is 12.7 Å². The highest BCUT2D eigenvalue weighted by Gasteiger charge is 2.32. The van der Waals surface area contributed by atoms with Gasteiger partial charge in [0, 0.05) is 31.1 Å². The average Bonchev–Trinajstić information content (AvgIpc) is 3.33. The van der Waals surface area contributed by atoms with Crippen LogP contribution in [0.1, 0.15) is 57.7 Å². The monoisotopic (exact) mass is 481 g/mol. The molecule has 3 heterocycles. The van der Waals surface area contributed by atoms with E-state index in [9.17, 15) is 9.59 Å². The van der Waals surface area contributed by atoms with Gasteiger partial charge in [-0.2, -0.15) is 0 Å². The first kappa shape index (κ1) is 25.4. The second kappa shape index (κ2) is 10.9. The molecule has 1 aromatic carbocycles. The van der Waals surface area contributed by atoms with Crippen molar-refractivity contribution in [2.75, 3.05) is 33.3 Å². The predicted octanol–water partition coefficient (Wildman–Crippen LogP) is 4.21. The van der Waals surface area contributed by atoms with Crippen LogP contribution in [0.15, 0.2) is 34.9 Å². The average molecular weight is 482 g/mol. The Hall–Kier alpha value is -2.67. The molecule has 0 spiro atoms. The van der Waals surface area contributed by atoms with Crippen molar-refractivity contribution in [3.8, 4) is 11.3 Å². The molecule has 0 radical (unpaired) electrons. The molecule has 2 saturated heterocycles. The Kier molecular flexibility index (Phi) is 7.95. The van der Waals surface area contributed by atoms with Gasteiger partial charge in [-0.1, -0.05) is 50.2 Å². The van der Waals surface area contributed by atoms with Crippen molar-refractivity contribution in [2.45, 2.75) is 58.3 Å². The van der Waals surface area contributed by atoms with Crippen LogP contribution in [0.4, 0.5) is 0 Å². The highest BCUT2D eigenvalue weighted by atomic mass is 16.5. The van der Waals surface area contributed by atoms with Crippen molar-refractivity contribution in [2.24, 2.45) is 17.8 Å². The second-order valence-electron chi connectivity index (χ2n) is 11.1. The number of rotatable bonds is 6. The molecular weight excluding hydrogens is 442 g/mol. The number of carbonyl (C=O) groups excluding carboxylic acids is 2. The van der Waals surface area contributed by atoms with E-state index in [2.05, 4.69) is 55.5 Å². The molecule has 2 aliphatic rings. The molecular formula is C28H39N3O4. The van der Waals surface area contributed by atoms with E-state index in [0.29, 0.717) is 44.2 Å². The molecule has 0 aliphatic carbocycles. The number of ether oxygens (including phenoxy) is 1. The Morgan fingerprint density at radius 2 is 1.83 bits per heavy atom. The van der Waals surface area contributed by atoms with E-state index in [0.717, 1.165) is 42.9 Å². The van der Waals surface area contributed by atoms with Gasteiger partial charge in [-0.15, -0.1) is 0 Å². The molecule has 0 bridgehead atoms. The van der Waals surface area contributed by atoms with Crippen molar-refractivity contribution in [1.29, 1.82) is 0 Å². The second-order valence-corrected chi connectivity index (χ2v) is 11.1. The van der Waals surface area contributed by atoms with Crippen LogP contribution >= 0.6 is 0 Å². The third kappa shape index (κ3) is 6.31. The zero-order valence-corrected chi connectivity index (χ0v) is 21.5. The summed E-state index contributed by atoms with van der Waals surface area (Å²) in [5.41, 5.74) is 3.37. The van der Waals surface area contributed by atoms with Crippen molar-refractivity contribution >= 4 is 11.9 Å². The highest BCUT2D eigenvalue weighted by molar-refractivity contribution is 5.77. The summed E-state index contributed by atoms with van der Waals surface area (Å²) in [5.74, 6) is 1.39. The first-order chi connectivity index (χ1) is 16.7. The molecule has 190 valence electrons. The van der Waals surface area contributed by atoms with Crippen LogP contribution in [0.25, 0.3) is 11.3 Å². The molecule has 1 N–H and O–H groups in total. The summed E-state index contributed by atoms with van der Waals surface area (Å²) in [7, 11) is 1.43. The van der Waals surface area contributed by atoms with E-state index in [-0.39, 0.29) is 23.2 Å². The zero-order chi connectivity index (χ0) is 25.0. The van der Waals surface area contributed by atoms with Crippen molar-refractivity contribution in [3.05, 3.63) is 41.6 Å². The highest BCUT2D eigenvalue weighted by Crippen LogP contribution is 2.30. The number of piperidine rings is 2. The molecule has 7 heteroatoms. The minimum absolute atomic E-state index is 0.0818. The van der Waals surface area contributed by atoms with Crippen LogP contribution in [0.5, 0.6) is 0 Å². The number of amides is 1. The van der Waals surface area contributed by atoms with Gasteiger partial charge in [-0.05, 0) is 61.6 Å². The topological polar surface area (TPSA) is 84.7 Å². The number of nitrogens with one attached hydrogen (secondary N) is 1. The Morgan fingerprint density at radius 1 is 1.11 bits per heavy atom. The number of hydrogen-bond acceptors (Lipinski definition) is 6. The molecule has 0 saturated carbocycles. The van der Waals surface area contributed by atoms with E-state index in [4.69, 9.17) is 9.26 Å². The largest absolute Gasteiger partial charge is 0.469 e. The van der Waals surface area contributed by atoms with Gasteiger partial charge in [-0.3, -0.25) is 9.59 Å². The molecule has 2 atom stereocenters. The molecule has 0 unspecified atom stereocenters. The fraction of sp³-hybridized carbons (Fsp3) is 0.607. The number of hydrogen-bond donors (Lipinski definition) is 1. The molecule has 1 amide bonds. The van der Waals surface area contributed by atoms with Gasteiger partial charge in [0.15, 0.2) is 5.76 Å². The maximum atomic E-state index is 13.1. The van der Waals surface area contributed by atoms with E-state index in [1.54, 1.807) is 0 Å². The lowest BCUT2D eigenvalue weighted by molar-refractivity contribution is -0.149. The Bertz CT molecular complexity index is 1000. The first-order valence-electron chi connectivity index (χ1n) is 12.9. The Morgan fingerprint density at radius 3 is 2.49 bits per heavy atom. The molecule has 35 heavy (non-hydrogen) atoms. The number of carbonyl (C=O) groups is 2. The summed E-state index contributed by atoms with van der Waals surface area (Å²) < 4.78 is 10.5. The fourth-order valence-electron chi connectivity index (χ4n) is 5.32. The van der Waals surface area contributed by atoms with Crippen molar-refractivity contribution in [1.82, 2.24) is 15.4 Å². The number of likely N-dealkylation sites (tertiary alicyclic amines) is 1. The fourth-order valence-corrected chi connectivity index (χ4v) is 5.32. The maximum Gasteiger partial charge on any atom is 0.308 e. The van der Waals surface area contributed by atoms with Gasteiger partial charge in [0.05, 0.1) is 18.7 Å². The quantitative estimate of drug-likeness (QED) is 0.622. The standard InChI is InChI=1S/C28H39N3O4/c1-28(2,3)23-7-5-19(6-8-23)25-17-24(30-35-25)15-22-18-29-12-9-21(22)16-26(32)31-13-10-20(11-14-31)27(33)34-4/h5-8,17,20-22,29H,9-16,18H2,1-4H3/t21-,22+/m0/s1. The van der Waals surface area contributed by atoms with Crippen LogP contribution in [-0.2, 0) is 26.2 Å². The summed E-state index contributed by atoms with van der Waals surface area (Å²) in [6, 6.07) is 10.5. The van der Waals surface area contributed by atoms with Crippen LogP contribution in [0, 0.1) is 17.8 Å². The molecule has 1 aromatic heterocycles. The van der Waals surface area contributed by atoms with Crippen LogP contribution in [0.3, 0.4) is 0 Å². The lowest BCUT2D eigenvalue weighted by Gasteiger charge is -2.35. The minimum atomic E-state index is -0.160. The van der Waals surface area contributed by atoms with Crippen LogP contribution in [0.2, 0.25) is 0 Å². The van der Waals surface area contributed by atoms with Gasteiger partial charge < -0.3 is 19.5 Å². The van der Waals surface area contributed by atoms with Crippen LogP contribution < -0.4 is 5.32 Å². The number of nitrogens with zero attached hydrogens (tertiary/aromatic N) is 2. The predicted molar refractivity (Wildman–Crippen MR) is 135 cm³/mol. The smallest absolute Gasteiger partial charge is 0.308 e. The van der Waals surface area contributed by atoms with Crippen LogP contribution in [-0.4, -0.2) is 55.2 Å². The summed E-state index contributed by atoms with van der Waals surface area (Å²) >= 11 is 0. The minimum Gasteiger partial charge on any atom is -0.469 e. The summed E-state index contributed by atoms with van der Waals surface area (Å²) in [5, 5.41) is 7.84. The van der Waals surface area contributed by atoms with Gasteiger partial charge in [0.2, 0.25) is 5.91 Å². The number of aromatic nitrogens is 1. The number of esters is 1.